The fraction of sp³-hybridized carbons (Fsp3) is 0. The second-order valence-electron chi connectivity index (χ2n) is 3.20. The van der Waals surface area contributed by atoms with E-state index in [1.54, 1.807) is 17.5 Å². The number of thiazole rings is 1. The molecule has 74 valence electrons. The lowest BCUT2D eigenvalue weighted by molar-refractivity contribution is 1.09. The van der Waals surface area contributed by atoms with E-state index in [1.165, 1.54) is 5.39 Å². The molecule has 0 spiro atoms. The molecule has 15 heavy (non-hydrogen) atoms. The first-order chi connectivity index (χ1) is 7.34. The summed E-state index contributed by atoms with van der Waals surface area (Å²) in [5, 5.41) is 4.85. The highest BCUT2D eigenvalue weighted by atomic mass is 35.5. The minimum Gasteiger partial charge on any atom is -0.293 e. The van der Waals surface area contributed by atoms with Crippen molar-refractivity contribution in [2.24, 2.45) is 0 Å². The molecule has 0 aliphatic heterocycles. The first kappa shape index (κ1) is 8.95. The predicted octanol–water partition coefficient (Wildman–Crippen LogP) is 3.74. The Hall–Kier alpha value is -1.32. The number of halogens is 1. The number of benzene rings is 1. The summed E-state index contributed by atoms with van der Waals surface area (Å²) in [7, 11) is 0. The fourth-order valence-corrected chi connectivity index (χ4v) is 2.41. The molecular weight excluding hydrogens is 228 g/mol. The van der Waals surface area contributed by atoms with Gasteiger partial charge in [-0.1, -0.05) is 17.7 Å². The lowest BCUT2D eigenvalue weighted by atomic mass is 10.2. The van der Waals surface area contributed by atoms with Gasteiger partial charge in [0, 0.05) is 28.2 Å². The third-order valence-electron chi connectivity index (χ3n) is 2.28. The molecule has 2 heterocycles. The summed E-state index contributed by atoms with van der Waals surface area (Å²) < 4.78 is 2.05. The highest BCUT2D eigenvalue weighted by Gasteiger charge is 2.04. The number of nitrogens with zero attached hydrogens (tertiary/aromatic N) is 2. The zero-order valence-electron chi connectivity index (χ0n) is 7.72. The smallest absolute Gasteiger partial charge is 0.193 e. The molecule has 0 atom stereocenters. The topological polar surface area (TPSA) is 17.8 Å². The van der Waals surface area contributed by atoms with Gasteiger partial charge >= 0.3 is 0 Å². The van der Waals surface area contributed by atoms with Gasteiger partial charge in [-0.05, 0) is 18.2 Å². The van der Waals surface area contributed by atoms with Gasteiger partial charge in [0.15, 0.2) is 5.13 Å². The molecule has 3 aromatic rings. The van der Waals surface area contributed by atoms with Crippen LogP contribution in [-0.4, -0.2) is 9.55 Å². The standard InChI is InChI=1S/C11H7ClN2S/c12-9-2-1-8-3-5-14(10(8)7-9)11-13-4-6-15-11/h1-7H. The van der Waals surface area contributed by atoms with E-state index in [-0.39, 0.29) is 0 Å². The van der Waals surface area contributed by atoms with Gasteiger partial charge in [-0.3, -0.25) is 4.57 Å². The quantitative estimate of drug-likeness (QED) is 0.627. The van der Waals surface area contributed by atoms with Gasteiger partial charge in [-0.2, -0.15) is 0 Å². The summed E-state index contributed by atoms with van der Waals surface area (Å²) in [5.74, 6) is 0. The lowest BCUT2D eigenvalue weighted by Gasteiger charge is -2.00. The Balaban J connectivity index is 2.32. The predicted molar refractivity (Wildman–Crippen MR) is 64.0 cm³/mol. The Labute approximate surface area is 95.8 Å². The van der Waals surface area contributed by atoms with Gasteiger partial charge in [0.05, 0.1) is 5.52 Å². The maximum Gasteiger partial charge on any atom is 0.193 e. The van der Waals surface area contributed by atoms with Crippen LogP contribution in [0.4, 0.5) is 0 Å². The summed E-state index contributed by atoms with van der Waals surface area (Å²) in [4.78, 5) is 4.28. The van der Waals surface area contributed by atoms with Crippen molar-refractivity contribution in [3.63, 3.8) is 0 Å². The molecule has 0 N–H and O–H groups in total. The molecule has 0 fully saturated rings. The summed E-state index contributed by atoms with van der Waals surface area (Å²) in [6, 6.07) is 7.93. The van der Waals surface area contributed by atoms with Gasteiger partial charge in [-0.15, -0.1) is 11.3 Å². The number of rotatable bonds is 1. The van der Waals surface area contributed by atoms with Crippen LogP contribution in [-0.2, 0) is 0 Å². The van der Waals surface area contributed by atoms with E-state index in [2.05, 4.69) is 11.1 Å². The summed E-state index contributed by atoms with van der Waals surface area (Å²) in [5.41, 5.74) is 1.09. The second kappa shape index (κ2) is 3.36. The average Bonchev–Trinajstić information content (AvgIpc) is 2.83. The largest absolute Gasteiger partial charge is 0.293 e. The molecule has 0 bridgehead atoms. The summed E-state index contributed by atoms with van der Waals surface area (Å²) >= 11 is 7.59. The number of aromatic nitrogens is 2. The van der Waals surface area contributed by atoms with Crippen LogP contribution in [0.1, 0.15) is 0 Å². The molecule has 1 aromatic carbocycles. The van der Waals surface area contributed by atoms with Crippen molar-refractivity contribution in [3.8, 4) is 5.13 Å². The average molecular weight is 235 g/mol. The van der Waals surface area contributed by atoms with E-state index in [1.807, 2.05) is 34.3 Å². The highest BCUT2D eigenvalue weighted by Crippen LogP contribution is 2.24. The van der Waals surface area contributed by atoms with Gasteiger partial charge in [0.25, 0.3) is 0 Å². The monoisotopic (exact) mass is 234 g/mol. The van der Waals surface area contributed by atoms with Gasteiger partial charge in [0.1, 0.15) is 0 Å². The lowest BCUT2D eigenvalue weighted by Crippen LogP contribution is -1.89. The van der Waals surface area contributed by atoms with Crippen LogP contribution < -0.4 is 0 Å². The molecule has 4 heteroatoms. The molecule has 2 aromatic heterocycles. The van der Waals surface area contributed by atoms with Crippen molar-refractivity contribution in [1.29, 1.82) is 0 Å². The van der Waals surface area contributed by atoms with Gasteiger partial charge in [0.2, 0.25) is 0 Å². The SMILES string of the molecule is Clc1ccc2ccn(-c3nccs3)c2c1. The van der Waals surface area contributed by atoms with E-state index in [0.717, 1.165) is 15.7 Å². The first-order valence-corrected chi connectivity index (χ1v) is 5.77. The van der Waals surface area contributed by atoms with Crippen LogP contribution in [0.15, 0.2) is 42.0 Å². The van der Waals surface area contributed by atoms with Crippen LogP contribution in [0.5, 0.6) is 0 Å². The third-order valence-corrected chi connectivity index (χ3v) is 3.29. The van der Waals surface area contributed by atoms with Gasteiger partial charge in [-0.25, -0.2) is 4.98 Å². The third kappa shape index (κ3) is 1.44. The number of fused-ring (bicyclic) bond motifs is 1. The highest BCUT2D eigenvalue weighted by molar-refractivity contribution is 7.12. The zero-order valence-corrected chi connectivity index (χ0v) is 9.29. The van der Waals surface area contributed by atoms with Crippen molar-refractivity contribution in [1.82, 2.24) is 9.55 Å². The van der Waals surface area contributed by atoms with E-state index in [4.69, 9.17) is 11.6 Å². The van der Waals surface area contributed by atoms with Crippen molar-refractivity contribution in [3.05, 3.63) is 47.1 Å². The van der Waals surface area contributed by atoms with Crippen LogP contribution in [0.3, 0.4) is 0 Å². The van der Waals surface area contributed by atoms with E-state index >= 15 is 0 Å². The molecule has 0 aliphatic rings. The molecule has 0 saturated carbocycles. The Morgan fingerprint density at radius 3 is 3.00 bits per heavy atom. The van der Waals surface area contributed by atoms with E-state index < -0.39 is 0 Å². The van der Waals surface area contributed by atoms with Crippen molar-refractivity contribution in [2.75, 3.05) is 0 Å². The molecular formula is C11H7ClN2S. The van der Waals surface area contributed by atoms with E-state index in [0.29, 0.717) is 0 Å². The number of hydrogen-bond acceptors (Lipinski definition) is 2. The van der Waals surface area contributed by atoms with Crippen LogP contribution in [0.25, 0.3) is 16.0 Å². The van der Waals surface area contributed by atoms with E-state index in [9.17, 15) is 0 Å². The van der Waals surface area contributed by atoms with Crippen LogP contribution in [0.2, 0.25) is 5.02 Å². The summed E-state index contributed by atoms with van der Waals surface area (Å²) in [6.07, 6.45) is 3.82. The maximum atomic E-state index is 5.98. The molecule has 0 radical (unpaired) electrons. The first-order valence-electron chi connectivity index (χ1n) is 4.51. The molecule has 0 aliphatic carbocycles. The Morgan fingerprint density at radius 2 is 2.20 bits per heavy atom. The van der Waals surface area contributed by atoms with Crippen LogP contribution >= 0.6 is 22.9 Å². The number of hydrogen-bond donors (Lipinski definition) is 0. The minimum absolute atomic E-state index is 0.749. The zero-order chi connectivity index (χ0) is 10.3. The van der Waals surface area contributed by atoms with Gasteiger partial charge < -0.3 is 0 Å². The van der Waals surface area contributed by atoms with Crippen molar-refractivity contribution in [2.45, 2.75) is 0 Å². The molecule has 0 unspecified atom stereocenters. The molecule has 0 saturated heterocycles. The van der Waals surface area contributed by atoms with Crippen molar-refractivity contribution >= 4 is 33.8 Å². The second-order valence-corrected chi connectivity index (χ2v) is 4.51. The molecule has 3 rings (SSSR count). The maximum absolute atomic E-state index is 5.98. The normalized spacial score (nSPS) is 11.0. The molecule has 2 nitrogen and oxygen atoms in total. The minimum atomic E-state index is 0.749. The van der Waals surface area contributed by atoms with Crippen LogP contribution in [0, 0.1) is 0 Å². The van der Waals surface area contributed by atoms with Crippen molar-refractivity contribution < 1.29 is 0 Å². The Kier molecular flexibility index (Phi) is 2.01. The molecule has 0 amide bonds. The Bertz CT molecular complexity index is 598. The summed E-state index contributed by atoms with van der Waals surface area (Å²) in [6.45, 7) is 0. The Morgan fingerprint density at radius 1 is 1.27 bits per heavy atom. The fourth-order valence-electron chi connectivity index (χ4n) is 1.60.